The highest BCUT2D eigenvalue weighted by Gasteiger charge is 2.19. The van der Waals surface area contributed by atoms with Crippen molar-refractivity contribution in [3.63, 3.8) is 0 Å². The molecule has 2 aromatic carbocycles. The van der Waals surface area contributed by atoms with Gasteiger partial charge in [0.05, 0.1) is 14.1 Å². The van der Waals surface area contributed by atoms with Crippen LogP contribution >= 0.6 is 23.2 Å². The highest BCUT2D eigenvalue weighted by atomic mass is 35.5. The third-order valence-corrected chi connectivity index (χ3v) is 3.85. The lowest BCUT2D eigenvalue weighted by Gasteiger charge is -2.30. The Morgan fingerprint density at radius 2 is 1.11 bits per heavy atom. The van der Waals surface area contributed by atoms with Crippen molar-refractivity contribution in [1.29, 1.82) is 0 Å². The summed E-state index contributed by atoms with van der Waals surface area (Å²) in [6.07, 6.45) is 0. The summed E-state index contributed by atoms with van der Waals surface area (Å²) >= 11 is 12.5. The highest BCUT2D eigenvalue weighted by molar-refractivity contribution is 6.31. The van der Waals surface area contributed by atoms with Crippen LogP contribution in [0.15, 0.2) is 48.5 Å². The standard InChI is InChI=1S/C16H18Cl2N/c1-19(2,11-13-7-3-5-9-15(13)17)12-14-8-4-6-10-16(14)18/h3-10H,11-12H2,1-2H3/q+1. The molecule has 0 saturated carbocycles. The summed E-state index contributed by atoms with van der Waals surface area (Å²) in [5.74, 6) is 0. The SMILES string of the molecule is C[N+](C)(Cc1ccccc1Cl)Cc1ccccc1Cl. The second-order valence-corrected chi connectivity index (χ2v) is 6.25. The van der Waals surface area contributed by atoms with Crippen LogP contribution in [0.3, 0.4) is 0 Å². The Balaban J connectivity index is 2.15. The summed E-state index contributed by atoms with van der Waals surface area (Å²) in [6, 6.07) is 16.0. The normalized spacial score (nSPS) is 11.6. The van der Waals surface area contributed by atoms with Gasteiger partial charge in [-0.2, -0.15) is 0 Å². The van der Waals surface area contributed by atoms with E-state index in [0.717, 1.165) is 27.6 Å². The maximum absolute atomic E-state index is 6.23. The van der Waals surface area contributed by atoms with Crippen molar-refractivity contribution in [3.05, 3.63) is 69.7 Å². The Morgan fingerprint density at radius 1 is 0.737 bits per heavy atom. The van der Waals surface area contributed by atoms with Gasteiger partial charge in [-0.15, -0.1) is 0 Å². The molecule has 0 amide bonds. The zero-order valence-electron chi connectivity index (χ0n) is 11.2. The molecule has 100 valence electrons. The molecule has 0 aliphatic carbocycles. The van der Waals surface area contributed by atoms with Gasteiger partial charge in [-0.3, -0.25) is 0 Å². The number of rotatable bonds is 4. The minimum Gasteiger partial charge on any atom is -0.321 e. The van der Waals surface area contributed by atoms with Gasteiger partial charge in [0, 0.05) is 21.2 Å². The van der Waals surface area contributed by atoms with Gasteiger partial charge in [-0.05, 0) is 12.1 Å². The molecule has 0 fully saturated rings. The van der Waals surface area contributed by atoms with Gasteiger partial charge >= 0.3 is 0 Å². The van der Waals surface area contributed by atoms with Crippen molar-refractivity contribution >= 4 is 23.2 Å². The summed E-state index contributed by atoms with van der Waals surface area (Å²) < 4.78 is 0.813. The quantitative estimate of drug-likeness (QED) is 0.713. The average Bonchev–Trinajstić information content (AvgIpc) is 2.35. The van der Waals surface area contributed by atoms with Crippen molar-refractivity contribution in [2.75, 3.05) is 14.1 Å². The molecular weight excluding hydrogens is 277 g/mol. The highest BCUT2D eigenvalue weighted by Crippen LogP contribution is 2.23. The van der Waals surface area contributed by atoms with Gasteiger partial charge in [0.1, 0.15) is 13.1 Å². The van der Waals surface area contributed by atoms with Crippen molar-refractivity contribution in [3.8, 4) is 0 Å². The molecule has 0 radical (unpaired) electrons. The molecule has 2 rings (SSSR count). The maximum Gasteiger partial charge on any atom is 0.106 e. The molecule has 0 aliphatic rings. The third-order valence-electron chi connectivity index (χ3n) is 3.11. The smallest absolute Gasteiger partial charge is 0.106 e. The van der Waals surface area contributed by atoms with Crippen LogP contribution in [-0.4, -0.2) is 18.6 Å². The van der Waals surface area contributed by atoms with E-state index >= 15 is 0 Å². The van der Waals surface area contributed by atoms with E-state index in [1.807, 2.05) is 36.4 Å². The van der Waals surface area contributed by atoms with Crippen molar-refractivity contribution < 1.29 is 4.48 Å². The van der Waals surface area contributed by atoms with Gasteiger partial charge in [-0.25, -0.2) is 0 Å². The summed E-state index contributed by atoms with van der Waals surface area (Å²) in [4.78, 5) is 0. The lowest BCUT2D eigenvalue weighted by atomic mass is 10.1. The molecule has 0 unspecified atom stereocenters. The lowest BCUT2D eigenvalue weighted by molar-refractivity contribution is -0.916. The van der Waals surface area contributed by atoms with E-state index in [-0.39, 0.29) is 0 Å². The number of quaternary nitrogens is 1. The molecule has 3 heteroatoms. The Hall–Kier alpha value is -1.02. The van der Waals surface area contributed by atoms with E-state index in [2.05, 4.69) is 26.2 Å². The van der Waals surface area contributed by atoms with E-state index in [0.29, 0.717) is 0 Å². The lowest BCUT2D eigenvalue weighted by Crippen LogP contribution is -2.38. The van der Waals surface area contributed by atoms with Gasteiger partial charge < -0.3 is 4.48 Å². The molecule has 0 bridgehead atoms. The second-order valence-electron chi connectivity index (χ2n) is 5.43. The van der Waals surface area contributed by atoms with Crippen LogP contribution in [0, 0.1) is 0 Å². The summed E-state index contributed by atoms with van der Waals surface area (Å²) in [6.45, 7) is 1.76. The fourth-order valence-electron chi connectivity index (χ4n) is 2.23. The molecule has 0 aromatic heterocycles. The first-order valence-corrected chi connectivity index (χ1v) is 7.02. The summed E-state index contributed by atoms with van der Waals surface area (Å²) in [5, 5.41) is 1.65. The first kappa shape index (κ1) is 14.4. The second kappa shape index (κ2) is 5.96. The number of halogens is 2. The largest absolute Gasteiger partial charge is 0.321 e. The van der Waals surface area contributed by atoms with Gasteiger partial charge in [0.15, 0.2) is 0 Å². The number of hydrogen-bond acceptors (Lipinski definition) is 0. The predicted molar refractivity (Wildman–Crippen MR) is 82.4 cm³/mol. The van der Waals surface area contributed by atoms with Crippen LogP contribution in [0.1, 0.15) is 11.1 Å². The minimum atomic E-state index is 0.813. The maximum atomic E-state index is 6.23. The summed E-state index contributed by atoms with van der Waals surface area (Å²) in [7, 11) is 4.37. The Morgan fingerprint density at radius 3 is 1.47 bits per heavy atom. The third kappa shape index (κ3) is 3.97. The molecule has 1 nitrogen and oxygen atoms in total. The van der Waals surface area contributed by atoms with Gasteiger partial charge in [-0.1, -0.05) is 59.6 Å². The fourth-order valence-corrected chi connectivity index (χ4v) is 2.62. The first-order valence-electron chi connectivity index (χ1n) is 6.27. The molecule has 0 aliphatic heterocycles. The molecule has 0 spiro atoms. The van der Waals surface area contributed by atoms with Crippen LogP contribution in [0.2, 0.25) is 10.0 Å². The monoisotopic (exact) mass is 294 g/mol. The minimum absolute atomic E-state index is 0.813. The van der Waals surface area contributed by atoms with Crippen LogP contribution in [0.25, 0.3) is 0 Å². The van der Waals surface area contributed by atoms with E-state index < -0.39 is 0 Å². The van der Waals surface area contributed by atoms with E-state index in [1.165, 1.54) is 11.1 Å². The number of nitrogens with zero attached hydrogens (tertiary/aromatic N) is 1. The van der Waals surface area contributed by atoms with Crippen molar-refractivity contribution in [1.82, 2.24) is 0 Å². The van der Waals surface area contributed by atoms with Crippen LogP contribution in [0.5, 0.6) is 0 Å². The topological polar surface area (TPSA) is 0 Å². The Labute approximate surface area is 125 Å². The van der Waals surface area contributed by atoms with Crippen molar-refractivity contribution in [2.45, 2.75) is 13.1 Å². The average molecular weight is 295 g/mol. The molecule has 0 atom stereocenters. The summed E-state index contributed by atoms with van der Waals surface area (Å²) in [5.41, 5.74) is 2.34. The van der Waals surface area contributed by atoms with E-state index in [1.54, 1.807) is 0 Å². The molecule has 0 N–H and O–H groups in total. The fraction of sp³-hybridized carbons (Fsp3) is 0.250. The molecule has 2 aromatic rings. The number of benzene rings is 2. The number of hydrogen-bond donors (Lipinski definition) is 0. The molecular formula is C16H18Cl2N+. The van der Waals surface area contributed by atoms with E-state index in [9.17, 15) is 0 Å². The predicted octanol–water partition coefficient (Wildman–Crippen LogP) is 4.77. The van der Waals surface area contributed by atoms with Crippen LogP contribution in [0.4, 0.5) is 0 Å². The zero-order chi connectivity index (χ0) is 13.9. The zero-order valence-corrected chi connectivity index (χ0v) is 12.7. The van der Waals surface area contributed by atoms with Gasteiger partial charge in [0.2, 0.25) is 0 Å². The van der Waals surface area contributed by atoms with Crippen LogP contribution in [-0.2, 0) is 13.1 Å². The molecule has 0 saturated heterocycles. The Bertz CT molecular complexity index is 515. The van der Waals surface area contributed by atoms with Crippen LogP contribution < -0.4 is 0 Å². The molecule has 19 heavy (non-hydrogen) atoms. The molecule has 0 heterocycles. The van der Waals surface area contributed by atoms with Crippen molar-refractivity contribution in [2.24, 2.45) is 0 Å². The van der Waals surface area contributed by atoms with E-state index in [4.69, 9.17) is 23.2 Å². The van der Waals surface area contributed by atoms with Gasteiger partial charge in [0.25, 0.3) is 0 Å². The Kier molecular flexibility index (Phi) is 4.51. The first-order chi connectivity index (χ1) is 8.98.